The molecule has 0 amide bonds. The lowest BCUT2D eigenvalue weighted by molar-refractivity contribution is 0.236. The molecule has 0 aromatic carbocycles. The van der Waals surface area contributed by atoms with E-state index in [-0.39, 0.29) is 0 Å². The Balaban J connectivity index is 2.11. The Morgan fingerprint density at radius 2 is 2.28 bits per heavy atom. The van der Waals surface area contributed by atoms with Gasteiger partial charge in [-0.05, 0) is 48.8 Å². The number of halogens is 1. The molecule has 0 saturated carbocycles. The van der Waals surface area contributed by atoms with Crippen LogP contribution in [0.4, 0.5) is 0 Å². The molecule has 1 saturated heterocycles. The van der Waals surface area contributed by atoms with Gasteiger partial charge in [0.25, 0.3) is 0 Å². The van der Waals surface area contributed by atoms with E-state index in [9.17, 15) is 0 Å². The summed E-state index contributed by atoms with van der Waals surface area (Å²) in [6, 6.07) is 0.668. The monoisotopic (exact) mass is 314 g/mol. The van der Waals surface area contributed by atoms with E-state index < -0.39 is 0 Å². The van der Waals surface area contributed by atoms with Gasteiger partial charge in [-0.2, -0.15) is 5.10 Å². The summed E-state index contributed by atoms with van der Waals surface area (Å²) in [5, 5.41) is 7.86. The van der Waals surface area contributed by atoms with Crippen LogP contribution in [-0.2, 0) is 20.0 Å². The van der Waals surface area contributed by atoms with Crippen LogP contribution < -0.4 is 5.32 Å². The van der Waals surface area contributed by atoms with Crippen LogP contribution in [0.3, 0.4) is 0 Å². The molecule has 1 fully saturated rings. The summed E-state index contributed by atoms with van der Waals surface area (Å²) in [5.41, 5.74) is 2.46. The van der Waals surface area contributed by atoms with Crippen molar-refractivity contribution in [2.75, 3.05) is 20.1 Å². The number of aryl methyl sites for hydroxylation is 2. The average Bonchev–Trinajstić information content (AvgIpc) is 2.89. The first-order valence-electron chi connectivity index (χ1n) is 6.76. The van der Waals surface area contributed by atoms with Crippen LogP contribution >= 0.6 is 15.9 Å². The van der Waals surface area contributed by atoms with E-state index in [1.165, 1.54) is 29.6 Å². The predicted octanol–water partition coefficient (Wildman–Crippen LogP) is 1.93. The summed E-state index contributed by atoms with van der Waals surface area (Å²) in [4.78, 5) is 2.57. The highest BCUT2D eigenvalue weighted by atomic mass is 79.9. The Bertz CT molecular complexity index is 402. The van der Waals surface area contributed by atoms with E-state index in [0.29, 0.717) is 6.04 Å². The lowest BCUT2D eigenvalue weighted by Crippen LogP contribution is -2.36. The SMILES string of the molecule is CCc1nn(C)c(CN2CCCC2CNC)c1Br. The number of nitrogens with zero attached hydrogens (tertiary/aromatic N) is 3. The van der Waals surface area contributed by atoms with Gasteiger partial charge in [0.2, 0.25) is 0 Å². The van der Waals surface area contributed by atoms with Crippen molar-refractivity contribution in [2.24, 2.45) is 7.05 Å². The second kappa shape index (κ2) is 6.17. The van der Waals surface area contributed by atoms with Gasteiger partial charge in [-0.25, -0.2) is 0 Å². The predicted molar refractivity (Wildman–Crippen MR) is 77.6 cm³/mol. The van der Waals surface area contributed by atoms with Crippen LogP contribution in [0.15, 0.2) is 4.47 Å². The van der Waals surface area contributed by atoms with Crippen molar-refractivity contribution in [1.29, 1.82) is 0 Å². The fourth-order valence-corrected chi connectivity index (χ4v) is 3.50. The molecule has 2 rings (SSSR count). The minimum absolute atomic E-state index is 0.668. The third kappa shape index (κ3) is 2.78. The third-order valence-electron chi connectivity index (χ3n) is 3.79. The zero-order chi connectivity index (χ0) is 13.1. The highest BCUT2D eigenvalue weighted by Gasteiger charge is 2.26. The summed E-state index contributed by atoms with van der Waals surface area (Å²) >= 11 is 3.70. The van der Waals surface area contributed by atoms with Crippen molar-refractivity contribution in [2.45, 2.75) is 38.8 Å². The summed E-state index contributed by atoms with van der Waals surface area (Å²) in [7, 11) is 4.08. The van der Waals surface area contributed by atoms with Crippen LogP contribution in [0, 0.1) is 0 Å². The Morgan fingerprint density at radius 1 is 1.50 bits per heavy atom. The largest absolute Gasteiger partial charge is 0.318 e. The molecule has 1 atom stereocenters. The van der Waals surface area contributed by atoms with Gasteiger partial charge in [0.1, 0.15) is 0 Å². The average molecular weight is 315 g/mol. The fraction of sp³-hybridized carbons (Fsp3) is 0.769. The van der Waals surface area contributed by atoms with E-state index in [0.717, 1.165) is 25.2 Å². The first-order chi connectivity index (χ1) is 8.67. The van der Waals surface area contributed by atoms with Crippen molar-refractivity contribution >= 4 is 15.9 Å². The number of nitrogens with one attached hydrogen (secondary N) is 1. The van der Waals surface area contributed by atoms with Crippen LogP contribution in [0.1, 0.15) is 31.2 Å². The zero-order valence-corrected chi connectivity index (χ0v) is 13.1. The molecule has 1 aromatic rings. The number of aromatic nitrogens is 2. The number of likely N-dealkylation sites (tertiary alicyclic amines) is 1. The van der Waals surface area contributed by atoms with Gasteiger partial charge in [-0.1, -0.05) is 6.92 Å². The molecule has 1 aliphatic heterocycles. The molecule has 18 heavy (non-hydrogen) atoms. The van der Waals surface area contributed by atoms with Crippen molar-refractivity contribution < 1.29 is 0 Å². The van der Waals surface area contributed by atoms with E-state index in [2.05, 4.69) is 38.2 Å². The number of rotatable bonds is 5. The Kier molecular flexibility index (Phi) is 4.81. The maximum absolute atomic E-state index is 4.57. The van der Waals surface area contributed by atoms with Gasteiger partial charge in [0.15, 0.2) is 0 Å². The second-order valence-electron chi connectivity index (χ2n) is 5.01. The molecule has 102 valence electrons. The van der Waals surface area contributed by atoms with E-state index in [1.54, 1.807) is 0 Å². The smallest absolute Gasteiger partial charge is 0.0767 e. The van der Waals surface area contributed by atoms with Crippen molar-refractivity contribution in [1.82, 2.24) is 20.0 Å². The first-order valence-corrected chi connectivity index (χ1v) is 7.55. The molecular formula is C13H23BrN4. The quantitative estimate of drug-likeness (QED) is 0.901. The molecule has 5 heteroatoms. The van der Waals surface area contributed by atoms with Gasteiger partial charge in [-0.3, -0.25) is 9.58 Å². The normalized spacial score (nSPS) is 20.8. The highest BCUT2D eigenvalue weighted by molar-refractivity contribution is 9.10. The van der Waals surface area contributed by atoms with E-state index in [1.807, 2.05) is 18.8 Å². The van der Waals surface area contributed by atoms with Gasteiger partial charge in [-0.15, -0.1) is 0 Å². The molecule has 0 radical (unpaired) electrons. The molecule has 1 aromatic heterocycles. The molecule has 1 unspecified atom stereocenters. The Morgan fingerprint density at radius 3 is 2.89 bits per heavy atom. The number of hydrogen-bond acceptors (Lipinski definition) is 3. The topological polar surface area (TPSA) is 33.1 Å². The summed E-state index contributed by atoms with van der Waals surface area (Å²) in [6.45, 7) is 5.43. The van der Waals surface area contributed by atoms with Crippen LogP contribution in [-0.4, -0.2) is 40.9 Å². The molecule has 4 nitrogen and oxygen atoms in total. The molecule has 2 heterocycles. The standard InChI is InChI=1S/C13H23BrN4/c1-4-11-13(14)12(17(3)16-11)9-18-7-5-6-10(18)8-15-2/h10,15H,4-9H2,1-3H3. The fourth-order valence-electron chi connectivity index (χ4n) is 2.75. The van der Waals surface area contributed by atoms with Crippen molar-refractivity contribution in [3.8, 4) is 0 Å². The van der Waals surface area contributed by atoms with Crippen LogP contribution in [0.2, 0.25) is 0 Å². The molecule has 0 spiro atoms. The van der Waals surface area contributed by atoms with Gasteiger partial charge >= 0.3 is 0 Å². The van der Waals surface area contributed by atoms with Gasteiger partial charge in [0.05, 0.1) is 15.9 Å². The van der Waals surface area contributed by atoms with Crippen molar-refractivity contribution in [3.05, 3.63) is 15.9 Å². The van der Waals surface area contributed by atoms with E-state index >= 15 is 0 Å². The molecular weight excluding hydrogens is 292 g/mol. The first kappa shape index (κ1) is 14.0. The second-order valence-corrected chi connectivity index (χ2v) is 5.80. The van der Waals surface area contributed by atoms with Crippen LogP contribution in [0.25, 0.3) is 0 Å². The Labute approximate surface area is 118 Å². The molecule has 1 N–H and O–H groups in total. The van der Waals surface area contributed by atoms with Crippen LogP contribution in [0.5, 0.6) is 0 Å². The Hall–Kier alpha value is -0.390. The van der Waals surface area contributed by atoms with Gasteiger partial charge in [0, 0.05) is 26.2 Å². The number of hydrogen-bond donors (Lipinski definition) is 1. The van der Waals surface area contributed by atoms with Crippen molar-refractivity contribution in [3.63, 3.8) is 0 Å². The molecule has 0 bridgehead atoms. The number of likely N-dealkylation sites (N-methyl/N-ethyl adjacent to an activating group) is 1. The summed E-state index contributed by atoms with van der Waals surface area (Å²) in [6.07, 6.45) is 3.59. The molecule has 1 aliphatic rings. The lowest BCUT2D eigenvalue weighted by atomic mass is 10.2. The highest BCUT2D eigenvalue weighted by Crippen LogP contribution is 2.26. The maximum Gasteiger partial charge on any atom is 0.0767 e. The summed E-state index contributed by atoms with van der Waals surface area (Å²) in [5.74, 6) is 0. The summed E-state index contributed by atoms with van der Waals surface area (Å²) < 4.78 is 3.22. The minimum Gasteiger partial charge on any atom is -0.318 e. The van der Waals surface area contributed by atoms with E-state index in [4.69, 9.17) is 0 Å². The zero-order valence-electron chi connectivity index (χ0n) is 11.5. The maximum atomic E-state index is 4.57. The third-order valence-corrected chi connectivity index (χ3v) is 4.71. The van der Waals surface area contributed by atoms with Gasteiger partial charge < -0.3 is 5.32 Å². The minimum atomic E-state index is 0.668. The molecule has 0 aliphatic carbocycles. The lowest BCUT2D eigenvalue weighted by Gasteiger charge is -2.24.